The first-order valence-electron chi connectivity index (χ1n) is 9.49. The molecule has 0 aliphatic heterocycles. The lowest BCUT2D eigenvalue weighted by molar-refractivity contribution is -0.126. The van der Waals surface area contributed by atoms with E-state index in [0.717, 1.165) is 43.5 Å². The number of hydrogen-bond acceptors (Lipinski definition) is 5. The van der Waals surface area contributed by atoms with Crippen LogP contribution >= 0.6 is 0 Å². The van der Waals surface area contributed by atoms with Crippen LogP contribution < -0.4 is 10.6 Å². The molecular formula is C20H26N4O3. The molecule has 0 unspecified atom stereocenters. The monoisotopic (exact) mass is 370 g/mol. The minimum absolute atomic E-state index is 0.0267. The van der Waals surface area contributed by atoms with E-state index in [0.29, 0.717) is 12.3 Å². The third-order valence-electron chi connectivity index (χ3n) is 4.88. The van der Waals surface area contributed by atoms with Crippen molar-refractivity contribution in [3.8, 4) is 0 Å². The summed E-state index contributed by atoms with van der Waals surface area (Å²) in [6.45, 7) is 2.43. The number of carbonyl (C=O) groups is 2. The van der Waals surface area contributed by atoms with Crippen molar-refractivity contribution in [3.63, 3.8) is 0 Å². The van der Waals surface area contributed by atoms with Crippen molar-refractivity contribution in [2.24, 2.45) is 5.92 Å². The van der Waals surface area contributed by atoms with Gasteiger partial charge in [0, 0.05) is 42.9 Å². The van der Waals surface area contributed by atoms with Crippen molar-refractivity contribution < 1.29 is 14.1 Å². The molecule has 1 aliphatic carbocycles. The number of carbonyl (C=O) groups excluding carboxylic acids is 2. The van der Waals surface area contributed by atoms with Crippen molar-refractivity contribution >= 4 is 11.8 Å². The third-order valence-corrected chi connectivity index (χ3v) is 4.88. The molecule has 0 radical (unpaired) electrons. The molecule has 7 heteroatoms. The van der Waals surface area contributed by atoms with E-state index in [4.69, 9.17) is 4.52 Å². The van der Waals surface area contributed by atoms with Gasteiger partial charge >= 0.3 is 0 Å². The Balaban J connectivity index is 1.34. The number of pyridine rings is 1. The highest BCUT2D eigenvalue weighted by molar-refractivity contribution is 5.79. The summed E-state index contributed by atoms with van der Waals surface area (Å²) >= 11 is 0. The first kappa shape index (κ1) is 19.1. The molecule has 7 nitrogen and oxygen atoms in total. The van der Waals surface area contributed by atoms with Crippen LogP contribution in [-0.4, -0.2) is 34.5 Å². The van der Waals surface area contributed by atoms with Crippen LogP contribution in [0.15, 0.2) is 35.0 Å². The minimum atomic E-state index is -0.0607. The highest BCUT2D eigenvalue weighted by Gasteiger charge is 2.27. The van der Waals surface area contributed by atoms with E-state index >= 15 is 0 Å². The fourth-order valence-electron chi connectivity index (χ4n) is 3.44. The van der Waals surface area contributed by atoms with Gasteiger partial charge in [-0.15, -0.1) is 0 Å². The molecule has 0 atom stereocenters. The Hall–Kier alpha value is -2.70. The van der Waals surface area contributed by atoms with E-state index in [1.807, 2.05) is 25.1 Å². The van der Waals surface area contributed by atoms with Crippen molar-refractivity contribution in [3.05, 3.63) is 47.6 Å². The summed E-state index contributed by atoms with van der Waals surface area (Å²) in [4.78, 5) is 28.7. The van der Waals surface area contributed by atoms with Crippen molar-refractivity contribution in [2.75, 3.05) is 6.54 Å². The smallest absolute Gasteiger partial charge is 0.227 e. The quantitative estimate of drug-likeness (QED) is 0.776. The summed E-state index contributed by atoms with van der Waals surface area (Å²) in [6.07, 6.45) is 5.92. The molecule has 0 bridgehead atoms. The number of nitrogens with one attached hydrogen (secondary N) is 2. The van der Waals surface area contributed by atoms with Crippen molar-refractivity contribution in [2.45, 2.75) is 51.5 Å². The van der Waals surface area contributed by atoms with Crippen LogP contribution in [0.25, 0.3) is 0 Å². The van der Waals surface area contributed by atoms with E-state index in [-0.39, 0.29) is 30.2 Å². The second-order valence-corrected chi connectivity index (χ2v) is 7.09. The topological polar surface area (TPSA) is 97.1 Å². The highest BCUT2D eigenvalue weighted by atomic mass is 16.5. The van der Waals surface area contributed by atoms with E-state index < -0.39 is 0 Å². The van der Waals surface area contributed by atoms with Crippen LogP contribution in [0.4, 0.5) is 0 Å². The Labute approximate surface area is 158 Å². The maximum absolute atomic E-state index is 12.3. The summed E-state index contributed by atoms with van der Waals surface area (Å²) in [5.74, 6) is 0.645. The van der Waals surface area contributed by atoms with E-state index in [9.17, 15) is 9.59 Å². The average Bonchev–Trinajstić information content (AvgIpc) is 3.07. The van der Waals surface area contributed by atoms with Gasteiger partial charge in [-0.2, -0.15) is 0 Å². The number of aromatic nitrogens is 2. The van der Waals surface area contributed by atoms with Crippen molar-refractivity contribution in [1.82, 2.24) is 20.8 Å². The number of aryl methyl sites for hydroxylation is 1. The van der Waals surface area contributed by atoms with Gasteiger partial charge in [0.15, 0.2) is 0 Å². The number of nitrogens with zero attached hydrogens (tertiary/aromatic N) is 2. The number of hydrogen-bond donors (Lipinski definition) is 2. The zero-order chi connectivity index (χ0) is 19.1. The van der Waals surface area contributed by atoms with Gasteiger partial charge in [-0.25, -0.2) is 0 Å². The molecule has 3 rings (SSSR count). The zero-order valence-electron chi connectivity index (χ0n) is 15.6. The van der Waals surface area contributed by atoms with Gasteiger partial charge < -0.3 is 15.2 Å². The Morgan fingerprint density at radius 1 is 1.22 bits per heavy atom. The summed E-state index contributed by atoms with van der Waals surface area (Å²) in [5, 5.41) is 9.83. The molecule has 2 N–H and O–H groups in total. The third kappa shape index (κ3) is 5.91. The number of rotatable bonds is 7. The van der Waals surface area contributed by atoms with E-state index in [2.05, 4.69) is 20.8 Å². The second kappa shape index (κ2) is 9.30. The Morgan fingerprint density at radius 2 is 2.04 bits per heavy atom. The first-order valence-corrected chi connectivity index (χ1v) is 9.49. The highest BCUT2D eigenvalue weighted by Crippen LogP contribution is 2.24. The molecule has 0 spiro atoms. The van der Waals surface area contributed by atoms with Gasteiger partial charge in [-0.3, -0.25) is 14.6 Å². The van der Waals surface area contributed by atoms with Gasteiger partial charge in [0.1, 0.15) is 5.76 Å². The Kier molecular flexibility index (Phi) is 6.57. The largest absolute Gasteiger partial charge is 0.361 e. The van der Waals surface area contributed by atoms with E-state index in [1.165, 1.54) is 0 Å². The summed E-state index contributed by atoms with van der Waals surface area (Å²) in [7, 11) is 0. The van der Waals surface area contributed by atoms with Crippen LogP contribution in [-0.2, 0) is 22.4 Å². The Bertz CT molecular complexity index is 752. The number of amides is 2. The van der Waals surface area contributed by atoms with Crippen LogP contribution in [0.1, 0.15) is 42.8 Å². The van der Waals surface area contributed by atoms with Gasteiger partial charge in [0.25, 0.3) is 0 Å². The summed E-state index contributed by atoms with van der Waals surface area (Å²) in [5.41, 5.74) is 1.75. The first-order chi connectivity index (χ1) is 13.1. The molecular weight excluding hydrogens is 344 g/mol. The summed E-state index contributed by atoms with van der Waals surface area (Å²) in [6, 6.07) is 7.68. The van der Waals surface area contributed by atoms with Crippen LogP contribution in [0.2, 0.25) is 0 Å². The maximum atomic E-state index is 12.3. The molecule has 2 amide bonds. The van der Waals surface area contributed by atoms with Crippen LogP contribution in [0.5, 0.6) is 0 Å². The van der Waals surface area contributed by atoms with Crippen molar-refractivity contribution in [1.29, 1.82) is 0 Å². The van der Waals surface area contributed by atoms with Gasteiger partial charge in [0.2, 0.25) is 11.8 Å². The molecule has 2 aromatic rings. The predicted octanol–water partition coefficient (Wildman–Crippen LogP) is 1.95. The zero-order valence-corrected chi connectivity index (χ0v) is 15.6. The molecule has 1 aliphatic rings. The minimum Gasteiger partial charge on any atom is -0.361 e. The molecule has 144 valence electrons. The van der Waals surface area contributed by atoms with Crippen LogP contribution in [0.3, 0.4) is 0 Å². The second-order valence-electron chi connectivity index (χ2n) is 7.09. The fraction of sp³-hybridized carbons (Fsp3) is 0.500. The SMILES string of the molecule is Cc1cc(CC(=O)NC2CCC(C(=O)NCCc3ccccn3)CC2)on1. The average molecular weight is 370 g/mol. The van der Waals surface area contributed by atoms with Gasteiger partial charge in [-0.1, -0.05) is 11.2 Å². The standard InChI is InChI=1S/C20H26N4O3/c1-14-12-18(27-24-14)13-19(25)23-17-7-5-15(6-8-17)20(26)22-11-9-16-4-2-3-10-21-16/h2-4,10,12,15,17H,5-9,11,13H2,1H3,(H,22,26)(H,23,25). The predicted molar refractivity (Wildman–Crippen MR) is 99.8 cm³/mol. The lowest BCUT2D eigenvalue weighted by atomic mass is 9.85. The van der Waals surface area contributed by atoms with Gasteiger partial charge in [-0.05, 0) is 44.7 Å². The fourth-order valence-corrected chi connectivity index (χ4v) is 3.44. The summed E-state index contributed by atoms with van der Waals surface area (Å²) < 4.78 is 5.07. The lowest BCUT2D eigenvalue weighted by Gasteiger charge is -2.28. The lowest BCUT2D eigenvalue weighted by Crippen LogP contribution is -2.41. The Morgan fingerprint density at radius 3 is 2.70 bits per heavy atom. The normalized spacial score (nSPS) is 19.4. The molecule has 0 saturated heterocycles. The molecule has 27 heavy (non-hydrogen) atoms. The van der Waals surface area contributed by atoms with Crippen LogP contribution in [0, 0.1) is 12.8 Å². The molecule has 2 aromatic heterocycles. The molecule has 1 saturated carbocycles. The van der Waals surface area contributed by atoms with Gasteiger partial charge in [0.05, 0.1) is 12.1 Å². The molecule has 1 fully saturated rings. The molecule has 0 aromatic carbocycles. The molecule has 2 heterocycles. The van der Waals surface area contributed by atoms with E-state index in [1.54, 1.807) is 12.3 Å². The maximum Gasteiger partial charge on any atom is 0.227 e.